The van der Waals surface area contributed by atoms with Crippen LogP contribution >= 0.6 is 0 Å². The van der Waals surface area contributed by atoms with E-state index < -0.39 is 0 Å². The van der Waals surface area contributed by atoms with Crippen molar-refractivity contribution in [3.63, 3.8) is 0 Å². The highest BCUT2D eigenvalue weighted by molar-refractivity contribution is 5.89. The van der Waals surface area contributed by atoms with E-state index in [0.29, 0.717) is 11.5 Å². The number of nitrogens with one attached hydrogen (secondary N) is 1. The van der Waals surface area contributed by atoms with E-state index in [1.54, 1.807) is 12.1 Å². The number of carbonyl (C=O) groups is 1. The number of esters is 1. The van der Waals surface area contributed by atoms with Gasteiger partial charge in [-0.2, -0.15) is 0 Å². The molecule has 1 unspecified atom stereocenters. The number of carbonyl (C=O) groups excluding carboxylic acids is 1. The average molecular weight is 265 g/mol. The van der Waals surface area contributed by atoms with Gasteiger partial charge in [-0.3, -0.25) is 0 Å². The second-order valence-corrected chi connectivity index (χ2v) is 4.61. The minimum Gasteiger partial charge on any atom is -0.465 e. The fourth-order valence-corrected chi connectivity index (χ4v) is 1.93. The van der Waals surface area contributed by atoms with Crippen LogP contribution in [0.1, 0.15) is 35.7 Å². The Balaban J connectivity index is 2.39. The van der Waals surface area contributed by atoms with Crippen molar-refractivity contribution in [2.45, 2.75) is 26.3 Å². The SMILES string of the molecule is CCC(CCO)CNCc1ccc(C(=O)OC)cc1. The molecule has 4 heteroatoms. The van der Waals surface area contributed by atoms with Crippen molar-refractivity contribution in [3.05, 3.63) is 35.4 Å². The van der Waals surface area contributed by atoms with E-state index >= 15 is 0 Å². The summed E-state index contributed by atoms with van der Waals surface area (Å²) in [6.45, 7) is 4.04. The molecule has 0 aromatic heterocycles. The Kier molecular flexibility index (Phi) is 7.15. The third-order valence-corrected chi connectivity index (χ3v) is 3.25. The summed E-state index contributed by atoms with van der Waals surface area (Å²) in [6, 6.07) is 7.39. The summed E-state index contributed by atoms with van der Waals surface area (Å²) in [5, 5.41) is 12.3. The molecule has 0 heterocycles. The van der Waals surface area contributed by atoms with Gasteiger partial charge in [0, 0.05) is 13.2 Å². The fraction of sp³-hybridized carbons (Fsp3) is 0.533. The molecule has 106 valence electrons. The Morgan fingerprint density at radius 2 is 2.05 bits per heavy atom. The van der Waals surface area contributed by atoms with E-state index in [0.717, 1.165) is 31.5 Å². The van der Waals surface area contributed by atoms with Crippen LogP contribution < -0.4 is 5.32 Å². The molecule has 0 saturated heterocycles. The van der Waals surface area contributed by atoms with Crippen LogP contribution in [0.5, 0.6) is 0 Å². The van der Waals surface area contributed by atoms with Crippen molar-refractivity contribution in [1.82, 2.24) is 5.32 Å². The predicted molar refractivity (Wildman–Crippen MR) is 75.0 cm³/mol. The highest BCUT2D eigenvalue weighted by Crippen LogP contribution is 2.08. The molecule has 1 aromatic rings. The molecule has 0 radical (unpaired) electrons. The third-order valence-electron chi connectivity index (χ3n) is 3.25. The highest BCUT2D eigenvalue weighted by Gasteiger charge is 2.06. The first kappa shape index (κ1) is 15.7. The van der Waals surface area contributed by atoms with Gasteiger partial charge in [0.2, 0.25) is 0 Å². The molecule has 0 aliphatic heterocycles. The summed E-state index contributed by atoms with van der Waals surface area (Å²) < 4.78 is 4.65. The van der Waals surface area contributed by atoms with Crippen molar-refractivity contribution in [2.75, 3.05) is 20.3 Å². The van der Waals surface area contributed by atoms with Crippen LogP contribution in [-0.2, 0) is 11.3 Å². The first-order valence-corrected chi connectivity index (χ1v) is 6.70. The maximum Gasteiger partial charge on any atom is 0.337 e. The molecular formula is C15H23NO3. The van der Waals surface area contributed by atoms with Crippen LogP contribution in [0.25, 0.3) is 0 Å². The number of hydrogen-bond acceptors (Lipinski definition) is 4. The Morgan fingerprint density at radius 3 is 2.58 bits per heavy atom. The predicted octanol–water partition coefficient (Wildman–Crippen LogP) is 1.97. The smallest absolute Gasteiger partial charge is 0.337 e. The Morgan fingerprint density at radius 1 is 1.37 bits per heavy atom. The van der Waals surface area contributed by atoms with Crippen molar-refractivity contribution >= 4 is 5.97 Å². The second-order valence-electron chi connectivity index (χ2n) is 4.61. The molecule has 0 bridgehead atoms. The third kappa shape index (κ3) is 5.41. The van der Waals surface area contributed by atoms with Crippen LogP contribution in [0.3, 0.4) is 0 Å². The quantitative estimate of drug-likeness (QED) is 0.706. The zero-order valence-corrected chi connectivity index (χ0v) is 11.7. The topological polar surface area (TPSA) is 58.6 Å². The molecule has 1 atom stereocenters. The number of benzene rings is 1. The Labute approximate surface area is 114 Å². The Bertz CT molecular complexity index is 375. The highest BCUT2D eigenvalue weighted by atomic mass is 16.5. The van der Waals surface area contributed by atoms with Crippen LogP contribution in [0.4, 0.5) is 0 Å². The molecule has 4 nitrogen and oxygen atoms in total. The molecule has 2 N–H and O–H groups in total. The molecule has 0 amide bonds. The van der Waals surface area contributed by atoms with Crippen molar-refractivity contribution in [2.24, 2.45) is 5.92 Å². The van der Waals surface area contributed by atoms with Gasteiger partial charge >= 0.3 is 5.97 Å². The van der Waals surface area contributed by atoms with Crippen LogP contribution in [0, 0.1) is 5.92 Å². The van der Waals surface area contributed by atoms with Gasteiger partial charge in [-0.1, -0.05) is 25.5 Å². The van der Waals surface area contributed by atoms with Gasteiger partial charge in [0.05, 0.1) is 12.7 Å². The minimum absolute atomic E-state index is 0.244. The molecule has 19 heavy (non-hydrogen) atoms. The number of methoxy groups -OCH3 is 1. The summed E-state index contributed by atoms with van der Waals surface area (Å²) in [6.07, 6.45) is 1.90. The van der Waals surface area contributed by atoms with Gasteiger partial charge in [-0.15, -0.1) is 0 Å². The molecular weight excluding hydrogens is 242 g/mol. The summed E-state index contributed by atoms with van der Waals surface area (Å²) in [5.74, 6) is 0.202. The molecule has 0 spiro atoms. The standard InChI is InChI=1S/C15H23NO3/c1-3-12(8-9-17)10-16-11-13-4-6-14(7-5-13)15(18)19-2/h4-7,12,16-17H,3,8-11H2,1-2H3. The lowest BCUT2D eigenvalue weighted by Gasteiger charge is -2.14. The zero-order valence-electron chi connectivity index (χ0n) is 11.7. The Hall–Kier alpha value is -1.39. The lowest BCUT2D eigenvalue weighted by molar-refractivity contribution is 0.0600. The minimum atomic E-state index is -0.312. The van der Waals surface area contributed by atoms with Crippen LogP contribution in [0.2, 0.25) is 0 Å². The molecule has 0 aliphatic rings. The number of ether oxygens (including phenoxy) is 1. The van der Waals surface area contributed by atoms with E-state index in [1.807, 2.05) is 12.1 Å². The number of aliphatic hydroxyl groups excluding tert-OH is 1. The molecule has 1 rings (SSSR count). The second kappa shape index (κ2) is 8.67. The average Bonchev–Trinajstić information content (AvgIpc) is 2.46. The van der Waals surface area contributed by atoms with Gasteiger partial charge < -0.3 is 15.2 Å². The normalized spacial score (nSPS) is 12.2. The van der Waals surface area contributed by atoms with Gasteiger partial charge in [0.25, 0.3) is 0 Å². The maximum absolute atomic E-state index is 11.3. The van der Waals surface area contributed by atoms with Gasteiger partial charge in [0.1, 0.15) is 0 Å². The van der Waals surface area contributed by atoms with E-state index in [9.17, 15) is 4.79 Å². The van der Waals surface area contributed by atoms with Gasteiger partial charge in [-0.05, 0) is 36.6 Å². The van der Waals surface area contributed by atoms with E-state index in [1.165, 1.54) is 7.11 Å². The maximum atomic E-state index is 11.3. The molecule has 1 aromatic carbocycles. The van der Waals surface area contributed by atoms with E-state index in [2.05, 4.69) is 17.0 Å². The largest absolute Gasteiger partial charge is 0.465 e. The van der Waals surface area contributed by atoms with Crippen molar-refractivity contribution in [3.8, 4) is 0 Å². The van der Waals surface area contributed by atoms with Gasteiger partial charge in [-0.25, -0.2) is 4.79 Å². The molecule has 0 saturated carbocycles. The lowest BCUT2D eigenvalue weighted by Crippen LogP contribution is -2.22. The zero-order chi connectivity index (χ0) is 14.1. The summed E-state index contributed by atoms with van der Waals surface area (Å²) in [5.41, 5.74) is 1.70. The first-order valence-electron chi connectivity index (χ1n) is 6.70. The van der Waals surface area contributed by atoms with E-state index in [4.69, 9.17) is 5.11 Å². The molecule has 0 fully saturated rings. The number of hydrogen-bond donors (Lipinski definition) is 2. The number of rotatable bonds is 8. The van der Waals surface area contributed by atoms with Gasteiger partial charge in [0.15, 0.2) is 0 Å². The van der Waals surface area contributed by atoms with Crippen molar-refractivity contribution in [1.29, 1.82) is 0 Å². The summed E-state index contributed by atoms with van der Waals surface area (Å²) >= 11 is 0. The number of aliphatic hydroxyl groups is 1. The lowest BCUT2D eigenvalue weighted by atomic mass is 10.0. The summed E-state index contributed by atoms with van der Waals surface area (Å²) in [4.78, 5) is 11.3. The summed E-state index contributed by atoms with van der Waals surface area (Å²) in [7, 11) is 1.38. The molecule has 0 aliphatic carbocycles. The van der Waals surface area contributed by atoms with Crippen LogP contribution in [-0.4, -0.2) is 31.3 Å². The van der Waals surface area contributed by atoms with E-state index in [-0.39, 0.29) is 12.6 Å². The van der Waals surface area contributed by atoms with Crippen molar-refractivity contribution < 1.29 is 14.6 Å². The fourth-order valence-electron chi connectivity index (χ4n) is 1.93. The monoisotopic (exact) mass is 265 g/mol. The first-order chi connectivity index (χ1) is 9.21. The van der Waals surface area contributed by atoms with Crippen LogP contribution in [0.15, 0.2) is 24.3 Å².